The summed E-state index contributed by atoms with van der Waals surface area (Å²) in [6.45, 7) is 0. The van der Waals surface area contributed by atoms with E-state index in [4.69, 9.17) is 5.73 Å². The Morgan fingerprint density at radius 2 is 1.88 bits per heavy atom. The summed E-state index contributed by atoms with van der Waals surface area (Å²) in [6, 6.07) is 12.1. The van der Waals surface area contributed by atoms with Gasteiger partial charge in [-0.1, -0.05) is 18.2 Å². The topological polar surface area (TPSA) is 51.8 Å². The van der Waals surface area contributed by atoms with Crippen LogP contribution in [0.2, 0.25) is 0 Å². The first kappa shape index (κ1) is 9.78. The standard InChI is InChI=1S/C14H11N3/c15-13-6-12(8-16-9-13)11-4-3-10-2-1-5-17-14(10)7-11/h1-9H,15H2. The molecule has 2 heterocycles. The Hall–Kier alpha value is -2.42. The fourth-order valence-electron chi connectivity index (χ4n) is 1.86. The van der Waals surface area contributed by atoms with Crippen molar-refractivity contribution in [1.82, 2.24) is 9.97 Å². The van der Waals surface area contributed by atoms with Crippen LogP contribution in [0.1, 0.15) is 0 Å². The average Bonchev–Trinajstić information content (AvgIpc) is 2.38. The van der Waals surface area contributed by atoms with Gasteiger partial charge in [0, 0.05) is 29.5 Å². The highest BCUT2D eigenvalue weighted by molar-refractivity contribution is 5.84. The first-order valence-corrected chi connectivity index (χ1v) is 5.38. The van der Waals surface area contributed by atoms with E-state index < -0.39 is 0 Å². The average molecular weight is 221 g/mol. The number of aromatic nitrogens is 2. The van der Waals surface area contributed by atoms with E-state index in [0.29, 0.717) is 5.69 Å². The van der Waals surface area contributed by atoms with Gasteiger partial charge in [0.15, 0.2) is 0 Å². The van der Waals surface area contributed by atoms with Crippen molar-refractivity contribution in [1.29, 1.82) is 0 Å². The van der Waals surface area contributed by atoms with Gasteiger partial charge in [-0.2, -0.15) is 0 Å². The van der Waals surface area contributed by atoms with Gasteiger partial charge in [0.2, 0.25) is 0 Å². The van der Waals surface area contributed by atoms with Crippen molar-refractivity contribution in [2.24, 2.45) is 0 Å². The maximum Gasteiger partial charge on any atom is 0.0708 e. The number of nitrogen functional groups attached to an aromatic ring is 1. The van der Waals surface area contributed by atoms with E-state index in [2.05, 4.69) is 22.1 Å². The highest BCUT2D eigenvalue weighted by Crippen LogP contribution is 2.23. The maximum atomic E-state index is 5.73. The van der Waals surface area contributed by atoms with Crippen molar-refractivity contribution in [2.45, 2.75) is 0 Å². The quantitative estimate of drug-likeness (QED) is 0.687. The van der Waals surface area contributed by atoms with Crippen molar-refractivity contribution < 1.29 is 0 Å². The van der Waals surface area contributed by atoms with Crippen molar-refractivity contribution in [2.75, 3.05) is 5.73 Å². The zero-order valence-electron chi connectivity index (χ0n) is 9.17. The van der Waals surface area contributed by atoms with Gasteiger partial charge in [-0.25, -0.2) is 0 Å². The molecule has 0 fully saturated rings. The Kier molecular flexibility index (Phi) is 2.22. The van der Waals surface area contributed by atoms with Crippen LogP contribution >= 0.6 is 0 Å². The molecule has 2 N–H and O–H groups in total. The predicted octanol–water partition coefficient (Wildman–Crippen LogP) is 2.88. The largest absolute Gasteiger partial charge is 0.397 e. The van der Waals surface area contributed by atoms with E-state index in [1.54, 1.807) is 18.6 Å². The SMILES string of the molecule is Nc1cncc(-c2ccc3cccnc3c2)c1. The Balaban J connectivity index is 2.18. The molecule has 1 aromatic carbocycles. The van der Waals surface area contributed by atoms with E-state index >= 15 is 0 Å². The lowest BCUT2D eigenvalue weighted by molar-refractivity contribution is 1.33. The molecule has 0 saturated carbocycles. The molecule has 0 bridgehead atoms. The Bertz CT molecular complexity index is 677. The molecule has 0 radical (unpaired) electrons. The van der Waals surface area contributed by atoms with Crippen molar-refractivity contribution in [3.63, 3.8) is 0 Å². The van der Waals surface area contributed by atoms with E-state index in [9.17, 15) is 0 Å². The fourth-order valence-corrected chi connectivity index (χ4v) is 1.86. The lowest BCUT2D eigenvalue weighted by Crippen LogP contribution is -1.88. The number of benzene rings is 1. The fraction of sp³-hybridized carbons (Fsp3) is 0. The van der Waals surface area contributed by atoms with E-state index in [1.165, 1.54) is 0 Å². The summed E-state index contributed by atoms with van der Waals surface area (Å²) in [5, 5.41) is 1.13. The summed E-state index contributed by atoms with van der Waals surface area (Å²) in [5.74, 6) is 0. The van der Waals surface area contributed by atoms with Crippen molar-refractivity contribution >= 4 is 16.6 Å². The van der Waals surface area contributed by atoms with E-state index in [-0.39, 0.29) is 0 Å². The van der Waals surface area contributed by atoms with Gasteiger partial charge in [-0.3, -0.25) is 9.97 Å². The molecule has 3 nitrogen and oxygen atoms in total. The second-order valence-electron chi connectivity index (χ2n) is 3.92. The van der Waals surface area contributed by atoms with Crippen LogP contribution in [0.5, 0.6) is 0 Å². The molecule has 0 saturated heterocycles. The molecule has 0 aliphatic carbocycles. The molecule has 0 atom stereocenters. The lowest BCUT2D eigenvalue weighted by atomic mass is 10.1. The molecular weight excluding hydrogens is 210 g/mol. The van der Waals surface area contributed by atoms with E-state index in [1.807, 2.05) is 24.3 Å². The second-order valence-corrected chi connectivity index (χ2v) is 3.92. The summed E-state index contributed by atoms with van der Waals surface area (Å²) in [4.78, 5) is 8.43. The number of hydrogen-bond donors (Lipinski definition) is 1. The molecule has 3 heteroatoms. The summed E-state index contributed by atoms with van der Waals surface area (Å²) in [6.07, 6.45) is 5.24. The summed E-state index contributed by atoms with van der Waals surface area (Å²) in [5.41, 5.74) is 9.47. The zero-order chi connectivity index (χ0) is 11.7. The predicted molar refractivity (Wildman–Crippen MR) is 69.4 cm³/mol. The van der Waals surface area contributed by atoms with E-state index in [0.717, 1.165) is 22.0 Å². The molecular formula is C14H11N3. The molecule has 0 amide bonds. The van der Waals surface area contributed by atoms with Crippen LogP contribution in [0.4, 0.5) is 5.69 Å². The molecule has 82 valence electrons. The molecule has 0 unspecified atom stereocenters. The van der Waals surface area contributed by atoms with Crippen LogP contribution in [0.25, 0.3) is 22.0 Å². The van der Waals surface area contributed by atoms with Crippen LogP contribution in [0.3, 0.4) is 0 Å². The number of nitrogens with zero attached hydrogens (tertiary/aromatic N) is 2. The Morgan fingerprint density at radius 1 is 0.941 bits per heavy atom. The molecule has 0 spiro atoms. The third-order valence-corrected chi connectivity index (χ3v) is 2.70. The first-order valence-electron chi connectivity index (χ1n) is 5.38. The first-order chi connectivity index (χ1) is 8.33. The van der Waals surface area contributed by atoms with Gasteiger partial charge in [-0.15, -0.1) is 0 Å². The van der Waals surface area contributed by atoms with Crippen molar-refractivity contribution in [3.8, 4) is 11.1 Å². The smallest absolute Gasteiger partial charge is 0.0708 e. The van der Waals surface area contributed by atoms with Crippen LogP contribution < -0.4 is 5.73 Å². The monoisotopic (exact) mass is 221 g/mol. The minimum atomic E-state index is 0.670. The van der Waals surface area contributed by atoms with Crippen LogP contribution in [0, 0.1) is 0 Å². The summed E-state index contributed by atoms with van der Waals surface area (Å²) < 4.78 is 0. The van der Waals surface area contributed by atoms with Gasteiger partial charge in [0.25, 0.3) is 0 Å². The summed E-state index contributed by atoms with van der Waals surface area (Å²) in [7, 11) is 0. The van der Waals surface area contributed by atoms with Gasteiger partial charge in [0.1, 0.15) is 0 Å². The summed E-state index contributed by atoms with van der Waals surface area (Å²) >= 11 is 0. The van der Waals surface area contributed by atoms with Crippen LogP contribution in [-0.2, 0) is 0 Å². The third-order valence-electron chi connectivity index (χ3n) is 2.70. The number of pyridine rings is 2. The molecule has 3 rings (SSSR count). The highest BCUT2D eigenvalue weighted by Gasteiger charge is 2.01. The second kappa shape index (κ2) is 3.87. The highest BCUT2D eigenvalue weighted by atomic mass is 14.7. The molecule has 0 aliphatic heterocycles. The molecule has 0 aliphatic rings. The van der Waals surface area contributed by atoms with Crippen LogP contribution in [0.15, 0.2) is 55.0 Å². The van der Waals surface area contributed by atoms with Gasteiger partial charge in [-0.05, 0) is 23.8 Å². The minimum absolute atomic E-state index is 0.670. The maximum absolute atomic E-state index is 5.73. The molecule has 17 heavy (non-hydrogen) atoms. The zero-order valence-corrected chi connectivity index (χ0v) is 9.17. The van der Waals surface area contributed by atoms with Gasteiger partial charge in [0.05, 0.1) is 11.2 Å². The Labute approximate surface area is 98.9 Å². The van der Waals surface area contributed by atoms with Crippen LogP contribution in [-0.4, -0.2) is 9.97 Å². The molecule has 3 aromatic rings. The third kappa shape index (κ3) is 1.83. The lowest BCUT2D eigenvalue weighted by Gasteiger charge is -2.03. The number of rotatable bonds is 1. The van der Waals surface area contributed by atoms with Gasteiger partial charge >= 0.3 is 0 Å². The normalized spacial score (nSPS) is 10.6. The number of fused-ring (bicyclic) bond motifs is 1. The van der Waals surface area contributed by atoms with Gasteiger partial charge < -0.3 is 5.73 Å². The van der Waals surface area contributed by atoms with Crippen molar-refractivity contribution in [3.05, 3.63) is 55.0 Å². The number of nitrogens with two attached hydrogens (primary N) is 1. The number of anilines is 1. The Morgan fingerprint density at radius 3 is 2.76 bits per heavy atom. The number of hydrogen-bond acceptors (Lipinski definition) is 3. The minimum Gasteiger partial charge on any atom is -0.397 e. The molecule has 2 aromatic heterocycles.